The molecule has 1 fully saturated rings. The molecule has 1 unspecified atom stereocenters. The summed E-state index contributed by atoms with van der Waals surface area (Å²) in [4.78, 5) is 6.99. The number of nitrogens with two attached hydrogens (primary N) is 1. The van der Waals surface area contributed by atoms with Gasteiger partial charge in [0.25, 0.3) is 0 Å². The van der Waals surface area contributed by atoms with Crippen molar-refractivity contribution in [2.75, 3.05) is 20.1 Å². The number of hydrogen-bond acceptors (Lipinski definition) is 3. The summed E-state index contributed by atoms with van der Waals surface area (Å²) in [6.07, 6.45) is 7.63. The molecule has 0 aromatic heterocycles. The summed E-state index contributed by atoms with van der Waals surface area (Å²) in [5, 5.41) is 0. The molecule has 0 radical (unpaired) electrons. The fourth-order valence-corrected chi connectivity index (χ4v) is 3.47. The van der Waals surface area contributed by atoms with Gasteiger partial charge in [0.1, 0.15) is 5.82 Å². The Hall–Kier alpha value is -2.20. The third-order valence-electron chi connectivity index (χ3n) is 4.77. The van der Waals surface area contributed by atoms with Gasteiger partial charge in [-0.2, -0.15) is 0 Å². The quantitative estimate of drug-likeness (QED) is 0.848. The molecule has 1 aromatic rings. The molecule has 0 saturated carbocycles. The average Bonchev–Trinajstić information content (AvgIpc) is 2.56. The van der Waals surface area contributed by atoms with Crippen LogP contribution in [0.1, 0.15) is 12.8 Å². The van der Waals surface area contributed by atoms with E-state index in [0.29, 0.717) is 0 Å². The van der Waals surface area contributed by atoms with Gasteiger partial charge in [-0.3, -0.25) is 0 Å². The van der Waals surface area contributed by atoms with Crippen LogP contribution in [0.2, 0.25) is 0 Å². The van der Waals surface area contributed by atoms with E-state index >= 15 is 0 Å². The summed E-state index contributed by atoms with van der Waals surface area (Å²) < 4.78 is 13.1. The van der Waals surface area contributed by atoms with Crippen molar-refractivity contribution in [3.8, 4) is 0 Å². The van der Waals surface area contributed by atoms with Gasteiger partial charge in [-0.05, 0) is 62.0 Å². The number of piperidine rings is 1. The highest BCUT2D eigenvalue weighted by Gasteiger charge is 2.39. The Balaban J connectivity index is 2.03. The third kappa shape index (κ3) is 2.99. The Bertz CT molecular complexity index is 700. The van der Waals surface area contributed by atoms with E-state index in [1.807, 2.05) is 6.08 Å². The van der Waals surface area contributed by atoms with Crippen LogP contribution in [0, 0.1) is 11.2 Å². The van der Waals surface area contributed by atoms with Crippen molar-refractivity contribution in [3.63, 3.8) is 0 Å². The lowest BCUT2D eigenvalue weighted by atomic mass is 9.67. The number of halogens is 1. The second-order valence-electron chi connectivity index (χ2n) is 6.36. The molecular formula is C19H22FN3. The maximum atomic E-state index is 13.1. The lowest BCUT2D eigenvalue weighted by Gasteiger charge is -2.44. The summed E-state index contributed by atoms with van der Waals surface area (Å²) in [6.45, 7) is 6.05. The molecule has 1 aliphatic heterocycles. The number of rotatable bonds is 2. The van der Waals surface area contributed by atoms with Crippen LogP contribution in [0.4, 0.5) is 10.1 Å². The van der Waals surface area contributed by atoms with Gasteiger partial charge in [-0.1, -0.05) is 11.6 Å². The fraction of sp³-hybridized carbons (Fsp3) is 0.316. The molecule has 1 saturated heterocycles. The van der Waals surface area contributed by atoms with Crippen LogP contribution < -0.4 is 5.73 Å². The first kappa shape index (κ1) is 15.7. The van der Waals surface area contributed by atoms with E-state index in [1.165, 1.54) is 17.7 Å². The predicted octanol–water partition coefficient (Wildman–Crippen LogP) is 3.58. The van der Waals surface area contributed by atoms with Crippen LogP contribution in [-0.2, 0) is 0 Å². The number of hydrogen-bond donors (Lipinski definition) is 1. The molecule has 0 bridgehead atoms. The molecule has 3 nitrogen and oxygen atoms in total. The first-order valence-corrected chi connectivity index (χ1v) is 7.85. The minimum Gasteiger partial charge on any atom is -0.404 e. The fourth-order valence-electron chi connectivity index (χ4n) is 3.47. The zero-order chi connectivity index (χ0) is 16.4. The Morgan fingerprint density at radius 1 is 1.35 bits per heavy atom. The first-order valence-electron chi connectivity index (χ1n) is 7.85. The summed E-state index contributed by atoms with van der Waals surface area (Å²) in [5.74, 6) is -0.258. The van der Waals surface area contributed by atoms with E-state index in [0.717, 1.165) is 42.9 Å². The standard InChI is InChI=1S/C19H22FN3/c1-3-19-11-14(12-21)18(10-15(19)8-9-23(2)13-19)22-17-6-4-16(20)5-7-17/h3-7,10,12H,1,8-9,11,13,21H2,2H3. The largest absolute Gasteiger partial charge is 0.404 e. The summed E-state index contributed by atoms with van der Waals surface area (Å²) in [7, 11) is 2.13. The summed E-state index contributed by atoms with van der Waals surface area (Å²) in [6, 6.07) is 6.20. The lowest BCUT2D eigenvalue weighted by Crippen LogP contribution is -2.44. The SMILES string of the molecule is C=CC12CC(=CN)C(=Nc3ccc(F)cc3)C=C1CCN(C)C2. The van der Waals surface area contributed by atoms with E-state index in [4.69, 9.17) is 5.73 Å². The van der Waals surface area contributed by atoms with Crippen molar-refractivity contribution in [1.82, 2.24) is 4.90 Å². The molecule has 1 aromatic carbocycles. The Kier molecular flexibility index (Phi) is 4.18. The smallest absolute Gasteiger partial charge is 0.123 e. The average molecular weight is 311 g/mol. The molecule has 0 amide bonds. The van der Waals surface area contributed by atoms with Crippen LogP contribution in [0.3, 0.4) is 0 Å². The number of allylic oxidation sites excluding steroid dienone is 2. The van der Waals surface area contributed by atoms with E-state index in [9.17, 15) is 4.39 Å². The van der Waals surface area contributed by atoms with Gasteiger partial charge >= 0.3 is 0 Å². The van der Waals surface area contributed by atoms with Gasteiger partial charge in [0.15, 0.2) is 0 Å². The molecule has 23 heavy (non-hydrogen) atoms. The van der Waals surface area contributed by atoms with Crippen molar-refractivity contribution in [1.29, 1.82) is 0 Å². The third-order valence-corrected chi connectivity index (χ3v) is 4.77. The highest BCUT2D eigenvalue weighted by atomic mass is 19.1. The molecule has 4 heteroatoms. The zero-order valence-electron chi connectivity index (χ0n) is 13.4. The van der Waals surface area contributed by atoms with Gasteiger partial charge in [-0.25, -0.2) is 9.38 Å². The number of aliphatic imine (C=N–C) groups is 1. The zero-order valence-corrected chi connectivity index (χ0v) is 13.4. The number of benzene rings is 1. The highest BCUT2D eigenvalue weighted by molar-refractivity contribution is 6.11. The number of nitrogens with zero attached hydrogens (tertiary/aromatic N) is 2. The van der Waals surface area contributed by atoms with E-state index in [2.05, 4.69) is 29.6 Å². The molecule has 0 spiro atoms. The van der Waals surface area contributed by atoms with Crippen LogP contribution in [-0.4, -0.2) is 30.7 Å². The van der Waals surface area contributed by atoms with E-state index in [-0.39, 0.29) is 11.2 Å². The van der Waals surface area contributed by atoms with Crippen molar-refractivity contribution < 1.29 is 4.39 Å². The number of fused-ring (bicyclic) bond motifs is 1. The van der Waals surface area contributed by atoms with Crippen LogP contribution in [0.15, 0.2) is 65.3 Å². The van der Waals surface area contributed by atoms with Crippen molar-refractivity contribution in [2.45, 2.75) is 12.8 Å². The first-order chi connectivity index (χ1) is 11.1. The van der Waals surface area contributed by atoms with Gasteiger partial charge in [0, 0.05) is 18.5 Å². The van der Waals surface area contributed by atoms with E-state index < -0.39 is 0 Å². The lowest BCUT2D eigenvalue weighted by molar-refractivity contribution is 0.206. The predicted molar refractivity (Wildman–Crippen MR) is 93.2 cm³/mol. The maximum absolute atomic E-state index is 13.1. The minimum absolute atomic E-state index is 0.0555. The molecule has 2 N–H and O–H groups in total. The highest BCUT2D eigenvalue weighted by Crippen LogP contribution is 2.44. The minimum atomic E-state index is -0.258. The second-order valence-corrected chi connectivity index (χ2v) is 6.36. The van der Waals surface area contributed by atoms with Gasteiger partial charge in [0.05, 0.1) is 11.4 Å². The maximum Gasteiger partial charge on any atom is 0.123 e. The molecular weight excluding hydrogens is 289 g/mol. The molecule has 2 aliphatic rings. The van der Waals surface area contributed by atoms with Crippen LogP contribution >= 0.6 is 0 Å². The molecule has 1 aliphatic carbocycles. The van der Waals surface area contributed by atoms with Crippen molar-refractivity contribution in [2.24, 2.45) is 16.1 Å². The summed E-state index contributed by atoms with van der Waals surface area (Å²) in [5.41, 5.74) is 9.78. The van der Waals surface area contributed by atoms with Crippen molar-refractivity contribution >= 4 is 11.4 Å². The van der Waals surface area contributed by atoms with Crippen molar-refractivity contribution in [3.05, 3.63) is 66.2 Å². The normalized spacial score (nSPS) is 28.5. The Labute approximate surface area is 136 Å². The molecule has 3 rings (SSSR count). The van der Waals surface area contributed by atoms with Gasteiger partial charge in [-0.15, -0.1) is 6.58 Å². The molecule has 1 atom stereocenters. The second kappa shape index (κ2) is 6.13. The van der Waals surface area contributed by atoms with Gasteiger partial charge < -0.3 is 10.6 Å². The Morgan fingerprint density at radius 3 is 2.74 bits per heavy atom. The van der Waals surface area contributed by atoms with E-state index in [1.54, 1.807) is 18.3 Å². The number of likely N-dealkylation sites (tertiary alicyclic amines) is 1. The molecule has 120 valence electrons. The Morgan fingerprint density at radius 2 is 2.09 bits per heavy atom. The monoisotopic (exact) mass is 311 g/mol. The van der Waals surface area contributed by atoms with Gasteiger partial charge in [0.2, 0.25) is 0 Å². The van der Waals surface area contributed by atoms with Crippen LogP contribution in [0.5, 0.6) is 0 Å². The van der Waals surface area contributed by atoms with Crippen LogP contribution in [0.25, 0.3) is 0 Å². The summed E-state index contributed by atoms with van der Waals surface area (Å²) >= 11 is 0. The molecule has 1 heterocycles. The topological polar surface area (TPSA) is 41.6 Å².